The van der Waals surface area contributed by atoms with E-state index in [1.807, 2.05) is 0 Å². The smallest absolute Gasteiger partial charge is 0.194 e. The van der Waals surface area contributed by atoms with Crippen molar-refractivity contribution in [3.05, 3.63) is 142 Å². The fraction of sp³-hybridized carbons (Fsp3) is 0.297. The monoisotopic (exact) mass is 542 g/mol. The van der Waals surface area contributed by atoms with Gasteiger partial charge in [0.1, 0.15) is 0 Å². The molecule has 0 fully saturated rings. The molecule has 0 bridgehead atoms. The minimum atomic E-state index is -0.720. The van der Waals surface area contributed by atoms with Gasteiger partial charge in [0, 0.05) is 22.3 Å². The SMILES string of the molecule is Cc1cccc(C2(c3cccc(C)c3)OC(CC3=N[C@H](C)C(c4cccc(C)c4)(c4cccc(C)c4)O3)=N[C@@H]2C)c1. The van der Waals surface area contributed by atoms with Crippen LogP contribution in [0.25, 0.3) is 0 Å². The minimum absolute atomic E-state index is 0.126. The first kappa shape index (κ1) is 27.0. The maximum absolute atomic E-state index is 6.95. The van der Waals surface area contributed by atoms with Crippen LogP contribution in [0.2, 0.25) is 0 Å². The van der Waals surface area contributed by atoms with E-state index in [0.717, 1.165) is 22.3 Å². The van der Waals surface area contributed by atoms with E-state index in [9.17, 15) is 0 Å². The molecule has 4 nitrogen and oxygen atoms in total. The summed E-state index contributed by atoms with van der Waals surface area (Å²) in [7, 11) is 0. The number of benzene rings is 4. The lowest BCUT2D eigenvalue weighted by Crippen LogP contribution is -2.38. The maximum Gasteiger partial charge on any atom is 0.194 e. The molecule has 2 aliphatic heterocycles. The molecule has 2 aliphatic rings. The fourth-order valence-electron chi connectivity index (χ4n) is 6.54. The molecule has 2 atom stereocenters. The van der Waals surface area contributed by atoms with Crippen molar-refractivity contribution in [1.82, 2.24) is 0 Å². The molecule has 0 saturated heterocycles. The third kappa shape index (κ3) is 4.65. The van der Waals surface area contributed by atoms with Gasteiger partial charge >= 0.3 is 0 Å². The van der Waals surface area contributed by atoms with Gasteiger partial charge in [-0.25, -0.2) is 9.98 Å². The van der Waals surface area contributed by atoms with Gasteiger partial charge in [0.2, 0.25) is 0 Å². The van der Waals surface area contributed by atoms with Crippen LogP contribution in [-0.4, -0.2) is 23.9 Å². The molecule has 6 rings (SSSR count). The summed E-state index contributed by atoms with van der Waals surface area (Å²) in [5.41, 5.74) is 7.74. The van der Waals surface area contributed by atoms with Crippen molar-refractivity contribution in [2.24, 2.45) is 9.98 Å². The van der Waals surface area contributed by atoms with Gasteiger partial charge in [0.15, 0.2) is 23.0 Å². The number of hydrogen-bond donors (Lipinski definition) is 0. The number of aryl methyl sites for hydroxylation is 4. The van der Waals surface area contributed by atoms with Crippen molar-refractivity contribution in [3.8, 4) is 0 Å². The lowest BCUT2D eigenvalue weighted by molar-refractivity contribution is 0.0925. The predicted octanol–water partition coefficient (Wildman–Crippen LogP) is 8.13. The van der Waals surface area contributed by atoms with E-state index in [-0.39, 0.29) is 12.1 Å². The second kappa shape index (κ2) is 10.3. The quantitative estimate of drug-likeness (QED) is 0.247. The molecule has 4 heteroatoms. The van der Waals surface area contributed by atoms with Crippen LogP contribution in [0.1, 0.15) is 64.8 Å². The highest BCUT2D eigenvalue weighted by Gasteiger charge is 2.51. The topological polar surface area (TPSA) is 43.2 Å². The minimum Gasteiger partial charge on any atom is -0.462 e. The molecular weight excluding hydrogens is 504 g/mol. The van der Waals surface area contributed by atoms with Gasteiger partial charge in [-0.15, -0.1) is 0 Å². The number of aliphatic imine (C=N–C) groups is 2. The molecule has 0 radical (unpaired) electrons. The van der Waals surface area contributed by atoms with E-state index < -0.39 is 11.2 Å². The summed E-state index contributed by atoms with van der Waals surface area (Å²) in [6.07, 6.45) is 0.396. The molecule has 0 aliphatic carbocycles. The van der Waals surface area contributed by atoms with Gasteiger partial charge in [-0.1, -0.05) is 119 Å². The van der Waals surface area contributed by atoms with Gasteiger partial charge in [-0.2, -0.15) is 0 Å². The summed E-state index contributed by atoms with van der Waals surface area (Å²) in [6, 6.07) is 34.1. The Hall–Kier alpha value is -4.18. The first-order valence-electron chi connectivity index (χ1n) is 14.5. The van der Waals surface area contributed by atoms with Gasteiger partial charge < -0.3 is 9.47 Å². The van der Waals surface area contributed by atoms with Crippen molar-refractivity contribution in [2.45, 2.75) is 71.2 Å². The third-order valence-electron chi connectivity index (χ3n) is 8.50. The van der Waals surface area contributed by atoms with Crippen molar-refractivity contribution in [2.75, 3.05) is 0 Å². The Bertz CT molecular complexity index is 1450. The summed E-state index contributed by atoms with van der Waals surface area (Å²) in [5.74, 6) is 1.30. The fourth-order valence-corrected chi connectivity index (χ4v) is 6.54. The second-order valence-corrected chi connectivity index (χ2v) is 11.7. The highest BCUT2D eigenvalue weighted by Crippen LogP contribution is 2.46. The van der Waals surface area contributed by atoms with Crippen LogP contribution in [0.4, 0.5) is 0 Å². The summed E-state index contributed by atoms with van der Waals surface area (Å²) >= 11 is 0. The Morgan fingerprint density at radius 3 is 1.07 bits per heavy atom. The number of nitrogens with zero attached hydrogens (tertiary/aromatic N) is 2. The average Bonchev–Trinajstić information content (AvgIpc) is 3.45. The molecule has 0 spiro atoms. The van der Waals surface area contributed by atoms with Crippen molar-refractivity contribution in [1.29, 1.82) is 0 Å². The highest BCUT2D eigenvalue weighted by molar-refractivity contribution is 5.99. The highest BCUT2D eigenvalue weighted by atomic mass is 16.5. The van der Waals surface area contributed by atoms with E-state index in [1.165, 1.54) is 22.3 Å². The van der Waals surface area contributed by atoms with Crippen molar-refractivity contribution in [3.63, 3.8) is 0 Å². The molecule has 208 valence electrons. The molecule has 4 aromatic carbocycles. The van der Waals surface area contributed by atoms with Crippen LogP contribution >= 0.6 is 0 Å². The lowest BCUT2D eigenvalue weighted by atomic mass is 9.80. The van der Waals surface area contributed by atoms with Crippen LogP contribution in [-0.2, 0) is 20.7 Å². The van der Waals surface area contributed by atoms with Crippen LogP contribution in [0.15, 0.2) is 107 Å². The Balaban J connectivity index is 1.36. The molecule has 0 aromatic heterocycles. The summed E-state index contributed by atoms with van der Waals surface area (Å²) in [6.45, 7) is 12.8. The first-order valence-corrected chi connectivity index (χ1v) is 14.5. The molecule has 0 amide bonds. The molecule has 2 heterocycles. The van der Waals surface area contributed by atoms with E-state index >= 15 is 0 Å². The molecule has 0 N–H and O–H groups in total. The number of ether oxygens (including phenoxy) is 2. The van der Waals surface area contributed by atoms with Gasteiger partial charge in [0.25, 0.3) is 0 Å². The van der Waals surface area contributed by atoms with Crippen molar-refractivity contribution >= 4 is 11.8 Å². The number of hydrogen-bond acceptors (Lipinski definition) is 4. The molecule has 41 heavy (non-hydrogen) atoms. The number of rotatable bonds is 6. The van der Waals surface area contributed by atoms with E-state index in [2.05, 4.69) is 139 Å². The molecule has 0 unspecified atom stereocenters. The van der Waals surface area contributed by atoms with E-state index in [4.69, 9.17) is 19.5 Å². The van der Waals surface area contributed by atoms with E-state index in [1.54, 1.807) is 0 Å². The lowest BCUT2D eigenvalue weighted by Gasteiger charge is -2.34. The van der Waals surface area contributed by atoms with Crippen LogP contribution in [0, 0.1) is 27.7 Å². The Morgan fingerprint density at radius 2 is 0.805 bits per heavy atom. The zero-order valence-electron chi connectivity index (χ0n) is 24.8. The largest absolute Gasteiger partial charge is 0.462 e. The van der Waals surface area contributed by atoms with Crippen LogP contribution < -0.4 is 0 Å². The summed E-state index contributed by atoms with van der Waals surface area (Å²) < 4.78 is 13.9. The molecule has 4 aromatic rings. The third-order valence-corrected chi connectivity index (χ3v) is 8.50. The van der Waals surface area contributed by atoms with Crippen LogP contribution in [0.5, 0.6) is 0 Å². The Labute approximate surface area is 243 Å². The Morgan fingerprint density at radius 1 is 0.512 bits per heavy atom. The zero-order chi connectivity index (χ0) is 28.8. The normalized spacial score (nSPS) is 20.6. The maximum atomic E-state index is 6.95. The summed E-state index contributed by atoms with van der Waals surface area (Å²) in [4.78, 5) is 10.2. The first-order chi connectivity index (χ1) is 19.7. The molecular formula is C37H38N2O2. The predicted molar refractivity (Wildman–Crippen MR) is 167 cm³/mol. The standard InChI is InChI=1S/C37H38N2O2/c1-24-11-7-15-30(19-24)36(31-16-8-12-25(2)20-31)28(5)38-34(40-36)23-35-39-29(6)37(41-35,32-17-9-13-26(3)21-32)33-18-10-14-27(4)22-33/h7-22,28-29H,23H2,1-6H3/t28-,29-/m1/s1. The van der Waals surface area contributed by atoms with Crippen molar-refractivity contribution < 1.29 is 9.47 Å². The van der Waals surface area contributed by atoms with Gasteiger partial charge in [-0.05, 0) is 41.5 Å². The Kier molecular flexibility index (Phi) is 6.81. The van der Waals surface area contributed by atoms with Crippen LogP contribution in [0.3, 0.4) is 0 Å². The zero-order valence-corrected chi connectivity index (χ0v) is 24.8. The average molecular weight is 543 g/mol. The molecule has 0 saturated carbocycles. The van der Waals surface area contributed by atoms with Gasteiger partial charge in [-0.3, -0.25) is 0 Å². The second-order valence-electron chi connectivity index (χ2n) is 11.7. The summed E-state index contributed by atoms with van der Waals surface area (Å²) in [5, 5.41) is 0. The van der Waals surface area contributed by atoms with E-state index in [0.29, 0.717) is 18.2 Å². The van der Waals surface area contributed by atoms with Gasteiger partial charge in [0.05, 0.1) is 18.5 Å².